The van der Waals surface area contributed by atoms with Crippen molar-refractivity contribution in [2.24, 2.45) is 0 Å². The van der Waals surface area contributed by atoms with E-state index < -0.39 is 0 Å². The van der Waals surface area contributed by atoms with E-state index in [1.54, 1.807) is 0 Å². The van der Waals surface area contributed by atoms with Crippen LogP contribution in [0, 0.1) is 0 Å². The normalized spacial score (nSPS) is 11.2. The highest BCUT2D eigenvalue weighted by Crippen LogP contribution is 2.12. The van der Waals surface area contributed by atoms with Gasteiger partial charge in [-0.25, -0.2) is 4.98 Å². The molecular formula is C17H14N2. The van der Waals surface area contributed by atoms with E-state index in [9.17, 15) is 0 Å². The predicted molar refractivity (Wildman–Crippen MR) is 78.7 cm³/mol. The van der Waals surface area contributed by atoms with Crippen molar-refractivity contribution in [3.8, 4) is 0 Å². The SMILES string of the molecule is C(=Cc1ccc2ccccc2n1)Cc1ccncc1. The predicted octanol–water partition coefficient (Wildman–Crippen LogP) is 3.89. The largest absolute Gasteiger partial charge is 0.265 e. The Hall–Kier alpha value is -2.48. The van der Waals surface area contributed by atoms with Crippen molar-refractivity contribution < 1.29 is 0 Å². The van der Waals surface area contributed by atoms with Gasteiger partial charge in [0.05, 0.1) is 11.2 Å². The highest BCUT2D eigenvalue weighted by molar-refractivity contribution is 5.79. The van der Waals surface area contributed by atoms with Gasteiger partial charge in [0.25, 0.3) is 0 Å². The van der Waals surface area contributed by atoms with Crippen LogP contribution in [0.3, 0.4) is 0 Å². The van der Waals surface area contributed by atoms with Gasteiger partial charge in [-0.1, -0.05) is 30.3 Å². The van der Waals surface area contributed by atoms with Gasteiger partial charge in [-0.3, -0.25) is 4.98 Å². The van der Waals surface area contributed by atoms with Gasteiger partial charge < -0.3 is 0 Å². The van der Waals surface area contributed by atoms with E-state index >= 15 is 0 Å². The Labute approximate surface area is 112 Å². The zero-order chi connectivity index (χ0) is 12.9. The van der Waals surface area contributed by atoms with Crippen LogP contribution in [0.4, 0.5) is 0 Å². The van der Waals surface area contributed by atoms with Crippen LogP contribution in [0.15, 0.2) is 67.0 Å². The third kappa shape index (κ3) is 2.86. The molecule has 0 fully saturated rings. The Bertz CT molecular complexity index is 703. The van der Waals surface area contributed by atoms with Gasteiger partial charge in [0, 0.05) is 17.8 Å². The average Bonchev–Trinajstić information content (AvgIpc) is 2.48. The number of benzene rings is 1. The molecule has 3 rings (SSSR count). The van der Waals surface area contributed by atoms with Crippen molar-refractivity contribution in [3.05, 3.63) is 78.3 Å². The molecule has 0 bridgehead atoms. The van der Waals surface area contributed by atoms with E-state index in [-0.39, 0.29) is 0 Å². The number of hydrogen-bond donors (Lipinski definition) is 0. The Morgan fingerprint density at radius 1 is 0.895 bits per heavy atom. The van der Waals surface area contributed by atoms with Crippen LogP contribution in [0.1, 0.15) is 11.3 Å². The van der Waals surface area contributed by atoms with E-state index in [1.807, 2.05) is 48.8 Å². The Balaban J connectivity index is 1.78. The van der Waals surface area contributed by atoms with E-state index in [4.69, 9.17) is 0 Å². The topological polar surface area (TPSA) is 25.8 Å². The van der Waals surface area contributed by atoms with Crippen molar-refractivity contribution in [1.29, 1.82) is 0 Å². The molecule has 0 saturated carbocycles. The van der Waals surface area contributed by atoms with Crippen LogP contribution in [-0.4, -0.2) is 9.97 Å². The summed E-state index contributed by atoms with van der Waals surface area (Å²) in [5.41, 5.74) is 3.29. The van der Waals surface area contributed by atoms with Gasteiger partial charge in [-0.2, -0.15) is 0 Å². The number of fused-ring (bicyclic) bond motifs is 1. The Kier molecular flexibility index (Phi) is 3.32. The first-order valence-corrected chi connectivity index (χ1v) is 6.33. The summed E-state index contributed by atoms with van der Waals surface area (Å²) in [6, 6.07) is 16.4. The first kappa shape index (κ1) is 11.6. The van der Waals surface area contributed by atoms with Gasteiger partial charge in [0.15, 0.2) is 0 Å². The summed E-state index contributed by atoms with van der Waals surface area (Å²) in [6.45, 7) is 0. The van der Waals surface area contributed by atoms with E-state index in [0.717, 1.165) is 17.6 Å². The summed E-state index contributed by atoms with van der Waals surface area (Å²) < 4.78 is 0. The number of aromatic nitrogens is 2. The molecule has 19 heavy (non-hydrogen) atoms. The van der Waals surface area contributed by atoms with Crippen molar-refractivity contribution in [1.82, 2.24) is 9.97 Å². The maximum atomic E-state index is 4.61. The van der Waals surface area contributed by atoms with Crippen LogP contribution in [0.5, 0.6) is 0 Å². The monoisotopic (exact) mass is 246 g/mol. The lowest BCUT2D eigenvalue weighted by Crippen LogP contribution is -1.84. The lowest BCUT2D eigenvalue weighted by atomic mass is 10.1. The summed E-state index contributed by atoms with van der Waals surface area (Å²) in [5, 5.41) is 1.17. The number of nitrogens with zero attached hydrogens (tertiary/aromatic N) is 2. The minimum Gasteiger partial charge on any atom is -0.265 e. The van der Waals surface area contributed by atoms with Crippen molar-refractivity contribution in [3.63, 3.8) is 0 Å². The zero-order valence-corrected chi connectivity index (χ0v) is 10.5. The quantitative estimate of drug-likeness (QED) is 0.700. The molecule has 0 spiro atoms. The van der Waals surface area contributed by atoms with Crippen molar-refractivity contribution >= 4 is 17.0 Å². The third-order valence-corrected chi connectivity index (χ3v) is 3.01. The van der Waals surface area contributed by atoms with Crippen LogP contribution >= 0.6 is 0 Å². The Morgan fingerprint density at radius 2 is 1.74 bits per heavy atom. The molecule has 0 aliphatic heterocycles. The minimum atomic E-state index is 0.900. The van der Waals surface area contributed by atoms with Crippen LogP contribution in [-0.2, 0) is 6.42 Å². The molecule has 1 aromatic carbocycles. The van der Waals surface area contributed by atoms with Gasteiger partial charge in [0.2, 0.25) is 0 Å². The summed E-state index contributed by atoms with van der Waals surface area (Å²) in [4.78, 5) is 8.62. The maximum Gasteiger partial charge on any atom is 0.0709 e. The molecule has 0 unspecified atom stereocenters. The first-order chi connectivity index (χ1) is 9.42. The van der Waals surface area contributed by atoms with Crippen LogP contribution < -0.4 is 0 Å². The molecule has 0 N–H and O–H groups in total. The molecule has 0 aliphatic carbocycles. The number of para-hydroxylation sites is 1. The standard InChI is InChI=1S/C17H14N2/c1-2-7-17-15(5-1)8-9-16(19-17)6-3-4-14-10-12-18-13-11-14/h1-3,5-13H,4H2. The highest BCUT2D eigenvalue weighted by Gasteiger charge is 1.94. The molecule has 0 atom stereocenters. The molecule has 0 saturated heterocycles. The molecule has 92 valence electrons. The molecule has 3 aromatic rings. The second-order valence-corrected chi connectivity index (χ2v) is 4.39. The summed E-state index contributed by atoms with van der Waals surface area (Å²) in [5.74, 6) is 0. The number of allylic oxidation sites excluding steroid dienone is 1. The summed E-state index contributed by atoms with van der Waals surface area (Å²) in [6.07, 6.45) is 8.73. The second-order valence-electron chi connectivity index (χ2n) is 4.39. The molecule has 2 heteroatoms. The second kappa shape index (κ2) is 5.44. The fourth-order valence-corrected chi connectivity index (χ4v) is 2.01. The molecule has 0 radical (unpaired) electrons. The smallest absolute Gasteiger partial charge is 0.0709 e. The van der Waals surface area contributed by atoms with E-state index in [0.29, 0.717) is 0 Å². The average molecular weight is 246 g/mol. The first-order valence-electron chi connectivity index (χ1n) is 6.33. The summed E-state index contributed by atoms with van der Waals surface area (Å²) >= 11 is 0. The van der Waals surface area contributed by atoms with Crippen LogP contribution in [0.2, 0.25) is 0 Å². The van der Waals surface area contributed by atoms with Gasteiger partial charge in [-0.05, 0) is 42.3 Å². The third-order valence-electron chi connectivity index (χ3n) is 3.01. The molecule has 2 heterocycles. The fourth-order valence-electron chi connectivity index (χ4n) is 2.01. The zero-order valence-electron chi connectivity index (χ0n) is 10.5. The lowest BCUT2D eigenvalue weighted by Gasteiger charge is -1.98. The summed E-state index contributed by atoms with van der Waals surface area (Å²) in [7, 11) is 0. The Morgan fingerprint density at radius 3 is 2.63 bits per heavy atom. The van der Waals surface area contributed by atoms with Gasteiger partial charge >= 0.3 is 0 Å². The van der Waals surface area contributed by atoms with E-state index in [2.05, 4.69) is 34.3 Å². The molecule has 0 aliphatic rings. The molecule has 2 aromatic heterocycles. The fraction of sp³-hybridized carbons (Fsp3) is 0.0588. The van der Waals surface area contributed by atoms with Gasteiger partial charge in [0.1, 0.15) is 0 Å². The van der Waals surface area contributed by atoms with Crippen molar-refractivity contribution in [2.75, 3.05) is 0 Å². The maximum absolute atomic E-state index is 4.61. The van der Waals surface area contributed by atoms with Gasteiger partial charge in [-0.15, -0.1) is 0 Å². The number of hydrogen-bond acceptors (Lipinski definition) is 2. The van der Waals surface area contributed by atoms with Crippen LogP contribution in [0.25, 0.3) is 17.0 Å². The number of rotatable bonds is 3. The highest BCUT2D eigenvalue weighted by atomic mass is 14.7. The van der Waals surface area contributed by atoms with Crippen molar-refractivity contribution in [2.45, 2.75) is 6.42 Å². The molecule has 0 amide bonds. The minimum absolute atomic E-state index is 0.900. The molecular weight excluding hydrogens is 232 g/mol. The van der Waals surface area contributed by atoms with E-state index in [1.165, 1.54) is 10.9 Å². The lowest BCUT2D eigenvalue weighted by molar-refractivity contribution is 1.21. The number of pyridine rings is 2. The molecule has 2 nitrogen and oxygen atoms in total.